The Morgan fingerprint density at radius 2 is 1.64 bits per heavy atom. The predicted molar refractivity (Wildman–Crippen MR) is 116 cm³/mol. The molecule has 140 valence electrons. The molecule has 4 nitrogen and oxygen atoms in total. The van der Waals surface area contributed by atoms with E-state index < -0.39 is 0 Å². The molecular weight excluding hydrogens is 423 g/mol. The predicted octanol–water partition coefficient (Wildman–Crippen LogP) is 3.89. The number of nitrogens with two attached hydrogens (primary N) is 1. The molecule has 2 aliphatic rings. The molecule has 1 saturated carbocycles. The zero-order chi connectivity index (χ0) is 16.6. The summed E-state index contributed by atoms with van der Waals surface area (Å²) in [5.41, 5.74) is 8.58. The molecule has 1 aromatic carbocycles. The average molecular weight is 456 g/mol. The normalized spacial score (nSPS) is 19.6. The fourth-order valence-corrected chi connectivity index (χ4v) is 3.48. The summed E-state index contributed by atoms with van der Waals surface area (Å²) in [6, 6.07) is 8.87. The van der Waals surface area contributed by atoms with Gasteiger partial charge in [0.25, 0.3) is 0 Å². The Kier molecular flexibility index (Phi) is 9.03. The van der Waals surface area contributed by atoms with Crippen LogP contribution in [0.3, 0.4) is 0 Å². The van der Waals surface area contributed by atoms with Crippen molar-refractivity contribution in [1.82, 2.24) is 10.2 Å². The lowest BCUT2D eigenvalue weighted by molar-refractivity contribution is 0.277. The van der Waals surface area contributed by atoms with Gasteiger partial charge in [-0.3, -0.25) is 4.90 Å². The van der Waals surface area contributed by atoms with E-state index in [9.17, 15) is 0 Å². The van der Waals surface area contributed by atoms with Crippen molar-refractivity contribution < 1.29 is 0 Å². The average Bonchev–Trinajstić information content (AvgIpc) is 2.81. The summed E-state index contributed by atoms with van der Waals surface area (Å²) in [5, 5.41) is 3.25. The van der Waals surface area contributed by atoms with E-state index in [2.05, 4.69) is 39.5 Å². The van der Waals surface area contributed by atoms with Crippen molar-refractivity contribution in [2.24, 2.45) is 16.6 Å². The SMILES string of the molecule is I.NC(=NCc1ccc(CN2CCCCCC2)cc1)NCC1CCC1. The highest BCUT2D eigenvalue weighted by atomic mass is 127. The van der Waals surface area contributed by atoms with E-state index in [1.165, 1.54) is 69.2 Å². The number of halogens is 1. The van der Waals surface area contributed by atoms with Crippen LogP contribution >= 0.6 is 24.0 Å². The van der Waals surface area contributed by atoms with Crippen LogP contribution < -0.4 is 11.1 Å². The third kappa shape index (κ3) is 7.13. The van der Waals surface area contributed by atoms with E-state index in [4.69, 9.17) is 5.73 Å². The Balaban J connectivity index is 0.00000225. The van der Waals surface area contributed by atoms with E-state index in [1.54, 1.807) is 0 Å². The fourth-order valence-electron chi connectivity index (χ4n) is 3.48. The van der Waals surface area contributed by atoms with Crippen molar-refractivity contribution >= 4 is 29.9 Å². The smallest absolute Gasteiger partial charge is 0.188 e. The van der Waals surface area contributed by atoms with Crippen molar-refractivity contribution in [3.63, 3.8) is 0 Å². The van der Waals surface area contributed by atoms with E-state index in [1.807, 2.05) is 0 Å². The molecule has 0 unspecified atom stereocenters. The summed E-state index contributed by atoms with van der Waals surface area (Å²) in [6.07, 6.45) is 9.51. The van der Waals surface area contributed by atoms with Crippen LogP contribution in [0.4, 0.5) is 0 Å². The van der Waals surface area contributed by atoms with Gasteiger partial charge < -0.3 is 11.1 Å². The summed E-state index contributed by atoms with van der Waals surface area (Å²) in [5.74, 6) is 1.38. The van der Waals surface area contributed by atoms with Crippen LogP contribution in [0.15, 0.2) is 29.3 Å². The Morgan fingerprint density at radius 3 is 2.24 bits per heavy atom. The summed E-state index contributed by atoms with van der Waals surface area (Å²) in [7, 11) is 0. The van der Waals surface area contributed by atoms with Gasteiger partial charge in [0.15, 0.2) is 5.96 Å². The lowest BCUT2D eigenvalue weighted by Crippen LogP contribution is -2.37. The summed E-state index contributed by atoms with van der Waals surface area (Å²) >= 11 is 0. The van der Waals surface area contributed by atoms with Crippen molar-refractivity contribution in [1.29, 1.82) is 0 Å². The van der Waals surface area contributed by atoms with Gasteiger partial charge >= 0.3 is 0 Å². The van der Waals surface area contributed by atoms with Crippen LogP contribution in [-0.2, 0) is 13.1 Å². The molecule has 3 N–H and O–H groups in total. The van der Waals surface area contributed by atoms with Gasteiger partial charge in [-0.2, -0.15) is 0 Å². The van der Waals surface area contributed by atoms with Crippen molar-refractivity contribution in [3.8, 4) is 0 Å². The molecule has 1 aliphatic heterocycles. The Labute approximate surface area is 169 Å². The quantitative estimate of drug-likeness (QED) is 0.388. The number of hydrogen-bond acceptors (Lipinski definition) is 2. The van der Waals surface area contributed by atoms with Gasteiger partial charge in [-0.1, -0.05) is 43.5 Å². The molecule has 0 radical (unpaired) electrons. The molecule has 5 heteroatoms. The third-order valence-corrected chi connectivity index (χ3v) is 5.36. The molecule has 3 rings (SSSR count). The third-order valence-electron chi connectivity index (χ3n) is 5.36. The molecule has 1 aliphatic carbocycles. The number of benzene rings is 1. The minimum atomic E-state index is 0. The van der Waals surface area contributed by atoms with Crippen LogP contribution in [0.1, 0.15) is 56.1 Å². The molecule has 0 atom stereocenters. The van der Waals surface area contributed by atoms with Gasteiger partial charge in [0.2, 0.25) is 0 Å². The molecule has 2 fully saturated rings. The zero-order valence-corrected chi connectivity index (χ0v) is 17.6. The second-order valence-electron chi connectivity index (χ2n) is 7.39. The summed E-state index contributed by atoms with van der Waals surface area (Å²) in [4.78, 5) is 7.04. The highest BCUT2D eigenvalue weighted by molar-refractivity contribution is 14.0. The molecule has 25 heavy (non-hydrogen) atoms. The first kappa shape index (κ1) is 20.5. The second kappa shape index (κ2) is 11.0. The standard InChI is InChI=1S/C20H32N4.HI/c21-20(22-14-17-6-5-7-17)23-15-18-8-10-19(11-9-18)16-24-12-3-1-2-4-13-24;/h8-11,17H,1-7,12-16H2,(H3,21,22,23);1H. The molecular formula is C20H33IN4. The maximum Gasteiger partial charge on any atom is 0.188 e. The van der Waals surface area contributed by atoms with Crippen molar-refractivity contribution in [3.05, 3.63) is 35.4 Å². The first-order chi connectivity index (χ1) is 11.8. The zero-order valence-electron chi connectivity index (χ0n) is 15.3. The van der Waals surface area contributed by atoms with Crippen LogP contribution in [0, 0.1) is 5.92 Å². The lowest BCUT2D eigenvalue weighted by Gasteiger charge is -2.25. The second-order valence-corrected chi connectivity index (χ2v) is 7.39. The maximum atomic E-state index is 5.95. The number of rotatable bonds is 6. The van der Waals surface area contributed by atoms with Crippen molar-refractivity contribution in [2.45, 2.75) is 58.0 Å². The minimum Gasteiger partial charge on any atom is -0.370 e. The van der Waals surface area contributed by atoms with Crippen LogP contribution in [0.5, 0.6) is 0 Å². The molecule has 1 saturated heterocycles. The van der Waals surface area contributed by atoms with Gasteiger partial charge in [0, 0.05) is 13.1 Å². The largest absolute Gasteiger partial charge is 0.370 e. The number of hydrogen-bond donors (Lipinski definition) is 2. The number of likely N-dealkylation sites (tertiary alicyclic amines) is 1. The van der Waals surface area contributed by atoms with Crippen LogP contribution in [0.2, 0.25) is 0 Å². The van der Waals surface area contributed by atoms with E-state index in [0.29, 0.717) is 12.5 Å². The highest BCUT2D eigenvalue weighted by Crippen LogP contribution is 2.25. The van der Waals surface area contributed by atoms with Gasteiger partial charge in [0.05, 0.1) is 6.54 Å². The molecule has 1 aromatic rings. The Hall–Kier alpha value is -0.820. The highest BCUT2D eigenvalue weighted by Gasteiger charge is 2.16. The fraction of sp³-hybridized carbons (Fsp3) is 0.650. The molecule has 1 heterocycles. The first-order valence-corrected chi connectivity index (χ1v) is 9.63. The van der Waals surface area contributed by atoms with Crippen LogP contribution in [-0.4, -0.2) is 30.5 Å². The van der Waals surface area contributed by atoms with E-state index in [0.717, 1.165) is 19.0 Å². The lowest BCUT2D eigenvalue weighted by atomic mass is 9.85. The van der Waals surface area contributed by atoms with Crippen LogP contribution in [0.25, 0.3) is 0 Å². The molecule has 0 amide bonds. The van der Waals surface area contributed by atoms with Crippen molar-refractivity contribution in [2.75, 3.05) is 19.6 Å². The van der Waals surface area contributed by atoms with E-state index in [-0.39, 0.29) is 24.0 Å². The molecule has 0 aromatic heterocycles. The van der Waals surface area contributed by atoms with Gasteiger partial charge in [-0.15, -0.1) is 24.0 Å². The topological polar surface area (TPSA) is 53.6 Å². The van der Waals surface area contributed by atoms with Gasteiger partial charge in [0.1, 0.15) is 0 Å². The molecule has 0 bridgehead atoms. The minimum absolute atomic E-state index is 0. The number of aliphatic imine (C=N–C) groups is 1. The maximum absolute atomic E-state index is 5.95. The Bertz CT molecular complexity index is 517. The van der Waals surface area contributed by atoms with E-state index >= 15 is 0 Å². The summed E-state index contributed by atoms with van der Waals surface area (Å²) < 4.78 is 0. The number of nitrogens with one attached hydrogen (secondary N) is 1. The first-order valence-electron chi connectivity index (χ1n) is 9.63. The number of nitrogens with zero attached hydrogens (tertiary/aromatic N) is 2. The monoisotopic (exact) mass is 456 g/mol. The van der Waals surface area contributed by atoms with Gasteiger partial charge in [-0.25, -0.2) is 4.99 Å². The van der Waals surface area contributed by atoms with Gasteiger partial charge in [-0.05, 0) is 55.8 Å². The number of guanidine groups is 1. The summed E-state index contributed by atoms with van der Waals surface area (Å²) in [6.45, 7) is 5.21. The molecule has 0 spiro atoms. The Morgan fingerprint density at radius 1 is 1.00 bits per heavy atom.